The molecule has 0 spiro atoms. The highest BCUT2D eigenvalue weighted by Gasteiger charge is 2.12. The second-order valence-electron chi connectivity index (χ2n) is 3.58. The summed E-state index contributed by atoms with van der Waals surface area (Å²) in [6.45, 7) is 0. The lowest BCUT2D eigenvalue weighted by Crippen LogP contribution is -1.97. The summed E-state index contributed by atoms with van der Waals surface area (Å²) in [5.41, 5.74) is 0.681. The minimum absolute atomic E-state index is 0.186. The number of aromatic carboxylic acids is 1. The summed E-state index contributed by atoms with van der Waals surface area (Å²) in [6.07, 6.45) is 1.64. The lowest BCUT2D eigenvalue weighted by atomic mass is 10.3. The van der Waals surface area contributed by atoms with Crippen LogP contribution in [0.25, 0.3) is 16.3 Å². The Bertz CT molecular complexity index is 750. The van der Waals surface area contributed by atoms with Crippen LogP contribution in [0.5, 0.6) is 0 Å². The van der Waals surface area contributed by atoms with Crippen LogP contribution in [0.1, 0.15) is 10.4 Å². The van der Waals surface area contributed by atoms with Gasteiger partial charge in [0.1, 0.15) is 0 Å². The van der Waals surface area contributed by atoms with Crippen LogP contribution in [-0.4, -0.2) is 25.7 Å². The average molecular weight is 280 g/mol. The van der Waals surface area contributed by atoms with Gasteiger partial charge in [0.15, 0.2) is 11.5 Å². The molecule has 18 heavy (non-hydrogen) atoms. The Labute approximate surface area is 110 Å². The summed E-state index contributed by atoms with van der Waals surface area (Å²) in [4.78, 5) is 11.7. The van der Waals surface area contributed by atoms with Crippen molar-refractivity contribution >= 4 is 34.6 Å². The highest BCUT2D eigenvalue weighted by atomic mass is 35.5. The molecular weight excluding hydrogens is 274 g/mol. The molecule has 0 fully saturated rings. The van der Waals surface area contributed by atoms with Crippen LogP contribution in [0, 0.1) is 0 Å². The molecule has 5 nitrogen and oxygen atoms in total. The Morgan fingerprint density at radius 2 is 2.17 bits per heavy atom. The summed E-state index contributed by atoms with van der Waals surface area (Å²) in [6, 6.07) is 6.63. The second kappa shape index (κ2) is 4.08. The van der Waals surface area contributed by atoms with Crippen molar-refractivity contribution in [1.82, 2.24) is 14.6 Å². The van der Waals surface area contributed by atoms with E-state index in [1.165, 1.54) is 23.5 Å². The molecule has 7 heteroatoms. The molecule has 0 atom stereocenters. The molecular formula is C11H6ClN3O2S. The van der Waals surface area contributed by atoms with Crippen LogP contribution in [0.4, 0.5) is 0 Å². The first kappa shape index (κ1) is 11.2. The van der Waals surface area contributed by atoms with Crippen LogP contribution in [0.15, 0.2) is 30.5 Å². The molecule has 90 valence electrons. The Hall–Kier alpha value is -1.92. The van der Waals surface area contributed by atoms with E-state index in [9.17, 15) is 4.79 Å². The molecule has 3 heterocycles. The zero-order valence-electron chi connectivity index (χ0n) is 8.87. The molecule has 3 aromatic heterocycles. The van der Waals surface area contributed by atoms with Crippen molar-refractivity contribution in [1.29, 1.82) is 0 Å². The van der Waals surface area contributed by atoms with Crippen LogP contribution in [0.2, 0.25) is 4.34 Å². The van der Waals surface area contributed by atoms with Crippen molar-refractivity contribution in [3.63, 3.8) is 0 Å². The number of rotatable bonds is 2. The van der Waals surface area contributed by atoms with Gasteiger partial charge in [-0.25, -0.2) is 4.79 Å². The predicted molar refractivity (Wildman–Crippen MR) is 68.3 cm³/mol. The molecule has 0 amide bonds. The summed E-state index contributed by atoms with van der Waals surface area (Å²) in [5.74, 6) is -0.333. The Balaban J connectivity index is 2.18. The maximum atomic E-state index is 10.9. The average Bonchev–Trinajstić information content (AvgIpc) is 2.93. The van der Waals surface area contributed by atoms with Crippen molar-refractivity contribution < 1.29 is 9.90 Å². The third-order valence-corrected chi connectivity index (χ3v) is 3.68. The van der Waals surface area contributed by atoms with E-state index in [0.29, 0.717) is 15.8 Å². The summed E-state index contributed by atoms with van der Waals surface area (Å²) >= 11 is 7.28. The number of pyridine rings is 1. The van der Waals surface area contributed by atoms with Gasteiger partial charge in [0.05, 0.1) is 14.8 Å². The quantitative estimate of drug-likeness (QED) is 0.783. The molecule has 0 saturated carbocycles. The van der Waals surface area contributed by atoms with Gasteiger partial charge < -0.3 is 5.11 Å². The summed E-state index contributed by atoms with van der Waals surface area (Å²) < 4.78 is 2.40. The standard InChI is InChI=1S/C11H6ClN3O2S/c12-8-2-1-7(18-8)10-14-13-9-5-6(11(16)17)3-4-15(9)10/h1-5H,(H,16,17). The first-order valence-corrected chi connectivity index (χ1v) is 6.18. The fraction of sp³-hybridized carbons (Fsp3) is 0. The number of carboxylic acids is 1. The Kier molecular flexibility index (Phi) is 2.53. The monoisotopic (exact) mass is 279 g/mol. The SMILES string of the molecule is O=C(O)c1ccn2c(-c3ccc(Cl)s3)nnc2c1. The number of carboxylic acid groups (broad SMARTS) is 1. The van der Waals surface area contributed by atoms with Gasteiger partial charge in [0.25, 0.3) is 0 Å². The number of nitrogens with zero attached hydrogens (tertiary/aromatic N) is 3. The van der Waals surface area contributed by atoms with Gasteiger partial charge in [-0.1, -0.05) is 11.6 Å². The minimum atomic E-state index is -0.985. The number of carbonyl (C=O) groups is 1. The predicted octanol–water partition coefficient (Wildman–Crippen LogP) is 2.81. The van der Waals surface area contributed by atoms with Crippen molar-refractivity contribution in [3.8, 4) is 10.7 Å². The molecule has 3 aromatic rings. The van der Waals surface area contributed by atoms with Crippen LogP contribution in [-0.2, 0) is 0 Å². The molecule has 0 aliphatic rings. The lowest BCUT2D eigenvalue weighted by Gasteiger charge is -1.98. The molecule has 0 aliphatic heterocycles. The number of halogens is 1. The topological polar surface area (TPSA) is 67.5 Å². The fourth-order valence-corrected chi connectivity index (χ4v) is 2.65. The van der Waals surface area contributed by atoms with Crippen molar-refractivity contribution in [2.75, 3.05) is 0 Å². The van der Waals surface area contributed by atoms with Gasteiger partial charge in [-0.15, -0.1) is 21.5 Å². The molecule has 0 saturated heterocycles. The lowest BCUT2D eigenvalue weighted by molar-refractivity contribution is 0.0697. The number of aromatic nitrogens is 3. The molecule has 1 N–H and O–H groups in total. The number of hydrogen-bond acceptors (Lipinski definition) is 4. The van der Waals surface area contributed by atoms with Crippen molar-refractivity contribution in [3.05, 3.63) is 40.4 Å². The highest BCUT2D eigenvalue weighted by Crippen LogP contribution is 2.30. The van der Waals surface area contributed by atoms with Gasteiger partial charge in [-0.05, 0) is 24.3 Å². The Morgan fingerprint density at radius 3 is 2.83 bits per heavy atom. The van der Waals surface area contributed by atoms with Gasteiger partial charge in [0.2, 0.25) is 0 Å². The Morgan fingerprint density at radius 1 is 1.33 bits per heavy atom. The third kappa shape index (κ3) is 1.75. The summed E-state index contributed by atoms with van der Waals surface area (Å²) in [7, 11) is 0. The first-order chi connectivity index (χ1) is 8.65. The largest absolute Gasteiger partial charge is 0.478 e. The zero-order chi connectivity index (χ0) is 12.7. The maximum absolute atomic E-state index is 10.9. The van der Waals surface area contributed by atoms with E-state index in [0.717, 1.165) is 4.88 Å². The van der Waals surface area contributed by atoms with E-state index in [4.69, 9.17) is 16.7 Å². The molecule has 0 aliphatic carbocycles. The van der Waals surface area contributed by atoms with Gasteiger partial charge in [-0.2, -0.15) is 0 Å². The van der Waals surface area contributed by atoms with Gasteiger partial charge in [0, 0.05) is 6.20 Å². The normalized spacial score (nSPS) is 10.9. The van der Waals surface area contributed by atoms with Crippen molar-refractivity contribution in [2.45, 2.75) is 0 Å². The van der Waals surface area contributed by atoms with Crippen molar-refractivity contribution in [2.24, 2.45) is 0 Å². The van der Waals surface area contributed by atoms with E-state index < -0.39 is 5.97 Å². The zero-order valence-corrected chi connectivity index (χ0v) is 10.4. The molecule has 0 unspecified atom stereocenters. The molecule has 0 aromatic carbocycles. The second-order valence-corrected chi connectivity index (χ2v) is 5.29. The fourth-order valence-electron chi connectivity index (χ4n) is 1.63. The van der Waals surface area contributed by atoms with E-state index in [1.807, 2.05) is 6.07 Å². The minimum Gasteiger partial charge on any atom is -0.478 e. The highest BCUT2D eigenvalue weighted by molar-refractivity contribution is 7.19. The number of fused-ring (bicyclic) bond motifs is 1. The first-order valence-electron chi connectivity index (χ1n) is 4.99. The van der Waals surface area contributed by atoms with Crippen LogP contribution >= 0.6 is 22.9 Å². The van der Waals surface area contributed by atoms with Crippen LogP contribution in [0.3, 0.4) is 0 Å². The summed E-state index contributed by atoms with van der Waals surface area (Å²) in [5, 5.41) is 16.9. The maximum Gasteiger partial charge on any atom is 0.335 e. The third-order valence-electron chi connectivity index (χ3n) is 2.45. The van der Waals surface area contributed by atoms with Gasteiger partial charge >= 0.3 is 5.97 Å². The van der Waals surface area contributed by atoms with Crippen LogP contribution < -0.4 is 0 Å². The molecule has 0 bridgehead atoms. The molecule has 0 radical (unpaired) electrons. The number of hydrogen-bond donors (Lipinski definition) is 1. The van der Waals surface area contributed by atoms with E-state index >= 15 is 0 Å². The van der Waals surface area contributed by atoms with E-state index in [1.54, 1.807) is 16.7 Å². The van der Waals surface area contributed by atoms with Gasteiger partial charge in [-0.3, -0.25) is 4.40 Å². The van der Waals surface area contributed by atoms with E-state index in [-0.39, 0.29) is 5.56 Å². The van der Waals surface area contributed by atoms with E-state index in [2.05, 4.69) is 10.2 Å². The smallest absolute Gasteiger partial charge is 0.335 e. The number of thiophene rings is 1. The molecule has 3 rings (SSSR count).